The maximum atomic E-state index is 13.5. The van der Waals surface area contributed by atoms with E-state index in [0.717, 1.165) is 28.7 Å². The van der Waals surface area contributed by atoms with E-state index in [2.05, 4.69) is 15.6 Å². The number of aromatic nitrogens is 2. The smallest absolute Gasteiger partial charge is 0.245 e. The Morgan fingerprint density at radius 3 is 2.77 bits per heavy atom. The first-order chi connectivity index (χ1) is 14.1. The van der Waals surface area contributed by atoms with E-state index in [1.54, 1.807) is 32.4 Å². The fourth-order valence-corrected chi connectivity index (χ4v) is 4.04. The molecular formula is C22H33N5O3. The summed E-state index contributed by atoms with van der Waals surface area (Å²) in [5.74, 6) is 0.298. The summed E-state index contributed by atoms with van der Waals surface area (Å²) in [5.41, 5.74) is 1.49. The van der Waals surface area contributed by atoms with Gasteiger partial charge in [-0.05, 0) is 56.3 Å². The molecule has 164 valence electrons. The zero-order chi connectivity index (χ0) is 22.1. The van der Waals surface area contributed by atoms with Gasteiger partial charge < -0.3 is 20.7 Å². The second-order valence-corrected chi connectivity index (χ2v) is 9.22. The van der Waals surface area contributed by atoms with Crippen LogP contribution in [-0.2, 0) is 16.0 Å². The summed E-state index contributed by atoms with van der Waals surface area (Å²) in [7, 11) is 1.73. The standard InChI is InChI=1S/C22H33N5O3/c1-14(23-5)20(28)25-18(22(2,3)4)21(29)26-10-6-8-16(26)12-15-13-24-19-17(15)9-7-11-27(19)30/h7,9,11,13-14,16,18,23,30H,6,8,10,12H2,1-5H3,(H,25,28)/t14-,16+,18+/m0/s1. The quantitative estimate of drug-likeness (QED) is 0.626. The first-order valence-electron chi connectivity index (χ1n) is 10.6. The van der Waals surface area contributed by atoms with E-state index in [0.29, 0.717) is 18.8 Å². The first kappa shape index (κ1) is 22.1. The number of nitrogens with one attached hydrogen (secondary N) is 2. The fourth-order valence-electron chi connectivity index (χ4n) is 4.04. The lowest BCUT2D eigenvalue weighted by Gasteiger charge is -2.36. The van der Waals surface area contributed by atoms with Gasteiger partial charge >= 0.3 is 0 Å². The number of likely N-dealkylation sites (tertiary alicyclic amines) is 1. The number of fused-ring (bicyclic) bond motifs is 1. The van der Waals surface area contributed by atoms with Crippen molar-refractivity contribution in [2.24, 2.45) is 5.41 Å². The average Bonchev–Trinajstić information content (AvgIpc) is 3.32. The number of carbonyl (C=O) groups excluding carboxylic acids is 2. The molecule has 8 nitrogen and oxygen atoms in total. The maximum Gasteiger partial charge on any atom is 0.245 e. The molecule has 8 heteroatoms. The van der Waals surface area contributed by atoms with E-state index >= 15 is 0 Å². The van der Waals surface area contributed by atoms with Gasteiger partial charge in [0.1, 0.15) is 6.04 Å². The van der Waals surface area contributed by atoms with E-state index < -0.39 is 11.5 Å². The lowest BCUT2D eigenvalue weighted by Crippen LogP contribution is -2.58. The van der Waals surface area contributed by atoms with E-state index in [-0.39, 0.29) is 23.9 Å². The normalized spacial score (nSPS) is 19.1. The lowest BCUT2D eigenvalue weighted by molar-refractivity contribution is -0.140. The Labute approximate surface area is 178 Å². The predicted molar refractivity (Wildman–Crippen MR) is 114 cm³/mol. The minimum absolute atomic E-state index is 0.0392. The molecule has 0 bridgehead atoms. The van der Waals surface area contributed by atoms with Crippen LogP contribution in [0.25, 0.3) is 11.4 Å². The van der Waals surface area contributed by atoms with Crippen LogP contribution in [0, 0.1) is 5.41 Å². The third-order valence-corrected chi connectivity index (χ3v) is 5.98. The number of hydrogen-bond donors (Lipinski definition) is 3. The van der Waals surface area contributed by atoms with Gasteiger partial charge in [0.05, 0.1) is 6.04 Å². The highest BCUT2D eigenvalue weighted by atomic mass is 16.5. The number of pyridine rings is 1. The van der Waals surface area contributed by atoms with Gasteiger partial charge in [0, 0.05) is 30.5 Å². The minimum atomic E-state index is -0.601. The van der Waals surface area contributed by atoms with Crippen LogP contribution >= 0.6 is 0 Å². The van der Waals surface area contributed by atoms with Crippen molar-refractivity contribution in [1.29, 1.82) is 0 Å². The maximum absolute atomic E-state index is 13.5. The van der Waals surface area contributed by atoms with Gasteiger partial charge in [-0.25, -0.2) is 4.98 Å². The summed E-state index contributed by atoms with van der Waals surface area (Å²) in [6, 6.07) is 2.78. The van der Waals surface area contributed by atoms with Crippen molar-refractivity contribution in [2.75, 3.05) is 13.6 Å². The number of likely N-dealkylation sites (N-methyl/N-ethyl adjacent to an activating group) is 1. The van der Waals surface area contributed by atoms with Gasteiger partial charge in [0.25, 0.3) is 0 Å². The molecular weight excluding hydrogens is 382 g/mol. The molecule has 2 amide bonds. The van der Waals surface area contributed by atoms with E-state index in [9.17, 15) is 14.8 Å². The largest absolute Gasteiger partial charge is 0.427 e. The molecule has 3 N–H and O–H groups in total. The highest BCUT2D eigenvalue weighted by Gasteiger charge is 2.40. The molecule has 0 radical (unpaired) electrons. The molecule has 1 fully saturated rings. The number of carbonyl (C=O) groups is 2. The van der Waals surface area contributed by atoms with E-state index in [4.69, 9.17) is 0 Å². The monoisotopic (exact) mass is 415 g/mol. The van der Waals surface area contributed by atoms with Crippen LogP contribution in [0.1, 0.15) is 46.1 Å². The highest BCUT2D eigenvalue weighted by Crippen LogP contribution is 2.31. The topological polar surface area (TPSA) is 99.5 Å². The minimum Gasteiger partial charge on any atom is -0.427 e. The van der Waals surface area contributed by atoms with Crippen LogP contribution in [0.3, 0.4) is 0 Å². The Morgan fingerprint density at radius 1 is 1.37 bits per heavy atom. The van der Waals surface area contributed by atoms with Gasteiger partial charge in [-0.3, -0.25) is 9.59 Å². The SMILES string of the molecule is CN[C@@H](C)C(=O)N[C@H](C(=O)N1CCC[C@@H]1Cc1cnc2n(O)cccc1-2)C(C)(C)C. The molecule has 0 aliphatic carbocycles. The summed E-state index contributed by atoms with van der Waals surface area (Å²) in [6.45, 7) is 8.37. The van der Waals surface area contributed by atoms with E-state index in [1.165, 1.54) is 0 Å². The van der Waals surface area contributed by atoms with Crippen molar-refractivity contribution in [1.82, 2.24) is 25.2 Å². The van der Waals surface area contributed by atoms with Crippen LogP contribution < -0.4 is 10.6 Å². The van der Waals surface area contributed by atoms with Crippen LogP contribution in [0.4, 0.5) is 0 Å². The van der Waals surface area contributed by atoms with Crippen molar-refractivity contribution in [3.05, 3.63) is 30.1 Å². The van der Waals surface area contributed by atoms with Gasteiger partial charge in [-0.2, -0.15) is 4.73 Å². The summed E-state index contributed by atoms with van der Waals surface area (Å²) in [4.78, 5) is 32.2. The molecule has 0 spiro atoms. The fraction of sp³-hybridized carbons (Fsp3) is 0.591. The predicted octanol–water partition coefficient (Wildman–Crippen LogP) is 1.90. The number of rotatable bonds is 6. The highest BCUT2D eigenvalue weighted by molar-refractivity contribution is 5.90. The van der Waals surface area contributed by atoms with E-state index in [1.807, 2.05) is 31.7 Å². The molecule has 0 aromatic heterocycles. The molecule has 0 saturated carbocycles. The Balaban J connectivity index is 1.78. The molecule has 30 heavy (non-hydrogen) atoms. The number of nitrogens with zero attached hydrogens (tertiary/aromatic N) is 3. The Kier molecular flexibility index (Phi) is 6.36. The van der Waals surface area contributed by atoms with Gasteiger partial charge in [0.15, 0.2) is 5.82 Å². The number of amides is 2. The molecule has 0 aromatic carbocycles. The third-order valence-electron chi connectivity index (χ3n) is 5.98. The van der Waals surface area contributed by atoms with Gasteiger partial charge in [0.2, 0.25) is 11.8 Å². The Bertz CT molecular complexity index is 872. The van der Waals surface area contributed by atoms with Crippen LogP contribution in [0.2, 0.25) is 0 Å². The van der Waals surface area contributed by atoms with Gasteiger partial charge in [-0.15, -0.1) is 0 Å². The molecule has 3 heterocycles. The van der Waals surface area contributed by atoms with Crippen molar-refractivity contribution >= 4 is 11.8 Å². The second kappa shape index (κ2) is 8.63. The molecule has 3 rings (SSSR count). The van der Waals surface area contributed by atoms with Crippen molar-refractivity contribution in [3.63, 3.8) is 0 Å². The number of hydrogen-bond acceptors (Lipinski definition) is 5. The summed E-state index contributed by atoms with van der Waals surface area (Å²) >= 11 is 0. The molecule has 3 aliphatic heterocycles. The van der Waals surface area contributed by atoms with Crippen LogP contribution in [0.5, 0.6) is 0 Å². The molecule has 0 aromatic rings. The van der Waals surface area contributed by atoms with Gasteiger partial charge in [-0.1, -0.05) is 20.8 Å². The molecule has 3 atom stereocenters. The second-order valence-electron chi connectivity index (χ2n) is 9.22. The van der Waals surface area contributed by atoms with Crippen molar-refractivity contribution < 1.29 is 14.8 Å². The van der Waals surface area contributed by atoms with Crippen LogP contribution in [0.15, 0.2) is 24.5 Å². The lowest BCUT2D eigenvalue weighted by atomic mass is 9.85. The van der Waals surface area contributed by atoms with Crippen molar-refractivity contribution in [3.8, 4) is 11.4 Å². The Hall–Kier alpha value is -2.61. The zero-order valence-electron chi connectivity index (χ0n) is 18.5. The molecule has 1 saturated heterocycles. The molecule has 3 aliphatic rings. The zero-order valence-corrected chi connectivity index (χ0v) is 18.5. The summed E-state index contributed by atoms with van der Waals surface area (Å²) in [5, 5.41) is 15.8. The van der Waals surface area contributed by atoms with Crippen molar-refractivity contribution in [2.45, 2.75) is 65.1 Å². The van der Waals surface area contributed by atoms with Crippen LogP contribution in [-0.4, -0.2) is 63.4 Å². The molecule has 0 unspecified atom stereocenters. The summed E-state index contributed by atoms with van der Waals surface area (Å²) < 4.78 is 1.02. The average molecular weight is 416 g/mol. The third kappa shape index (κ3) is 4.43. The Morgan fingerprint density at radius 2 is 2.10 bits per heavy atom. The first-order valence-corrected chi connectivity index (χ1v) is 10.6. The summed E-state index contributed by atoms with van der Waals surface area (Å²) in [6.07, 6.45) is 5.83.